The third-order valence-corrected chi connectivity index (χ3v) is 6.72. The van der Waals surface area contributed by atoms with Gasteiger partial charge in [-0.2, -0.15) is 5.10 Å². The molecule has 0 saturated carbocycles. The van der Waals surface area contributed by atoms with Gasteiger partial charge in [0.05, 0.1) is 19.0 Å². The number of halogens is 1. The molecule has 26 heavy (non-hydrogen) atoms. The summed E-state index contributed by atoms with van der Waals surface area (Å²) >= 11 is 6.22. The molecular formula is C15H23ClN4O5S. The SMILES string of the molecule is COCCS(=O)(=O)N1CCC(NC(=O)c2nn3c(c2Cl)OCCC3)CC1. The summed E-state index contributed by atoms with van der Waals surface area (Å²) in [4.78, 5) is 12.5. The zero-order chi connectivity index (χ0) is 18.7. The van der Waals surface area contributed by atoms with Crippen LogP contribution in [0.2, 0.25) is 5.02 Å². The normalized spacial score (nSPS) is 19.0. The summed E-state index contributed by atoms with van der Waals surface area (Å²) in [5.74, 6) is 0.0411. The van der Waals surface area contributed by atoms with Crippen LogP contribution in [-0.2, 0) is 21.3 Å². The van der Waals surface area contributed by atoms with Gasteiger partial charge in [-0.05, 0) is 12.8 Å². The van der Waals surface area contributed by atoms with Crippen molar-refractivity contribution in [1.29, 1.82) is 0 Å². The van der Waals surface area contributed by atoms with Gasteiger partial charge < -0.3 is 14.8 Å². The van der Waals surface area contributed by atoms with Crippen LogP contribution >= 0.6 is 11.6 Å². The van der Waals surface area contributed by atoms with Gasteiger partial charge in [-0.25, -0.2) is 17.4 Å². The fourth-order valence-electron chi connectivity index (χ4n) is 3.09. The van der Waals surface area contributed by atoms with Crippen LogP contribution < -0.4 is 10.1 Å². The number of carbonyl (C=O) groups is 1. The number of methoxy groups -OCH3 is 1. The Morgan fingerprint density at radius 1 is 1.38 bits per heavy atom. The molecule has 0 unspecified atom stereocenters. The number of rotatable bonds is 6. The highest BCUT2D eigenvalue weighted by Gasteiger charge is 2.30. The van der Waals surface area contributed by atoms with E-state index in [9.17, 15) is 13.2 Å². The first-order chi connectivity index (χ1) is 12.4. The second-order valence-electron chi connectivity index (χ2n) is 6.35. The molecule has 2 aliphatic heterocycles. The lowest BCUT2D eigenvalue weighted by atomic mass is 10.1. The molecule has 0 atom stereocenters. The number of ether oxygens (including phenoxy) is 2. The van der Waals surface area contributed by atoms with Crippen LogP contribution in [0.4, 0.5) is 0 Å². The first-order valence-corrected chi connectivity index (χ1v) is 10.6. The number of aryl methyl sites for hydroxylation is 1. The van der Waals surface area contributed by atoms with Crippen molar-refractivity contribution in [2.24, 2.45) is 0 Å². The van der Waals surface area contributed by atoms with Crippen LogP contribution in [0.15, 0.2) is 0 Å². The molecule has 3 rings (SSSR count). The van der Waals surface area contributed by atoms with E-state index in [2.05, 4.69) is 10.4 Å². The van der Waals surface area contributed by atoms with E-state index in [1.165, 1.54) is 11.4 Å². The van der Waals surface area contributed by atoms with Crippen molar-refractivity contribution >= 4 is 27.5 Å². The Morgan fingerprint density at radius 3 is 2.77 bits per heavy atom. The number of amides is 1. The molecule has 1 N–H and O–H groups in total. The molecule has 1 saturated heterocycles. The Hall–Kier alpha value is -1.36. The minimum atomic E-state index is -3.32. The van der Waals surface area contributed by atoms with E-state index < -0.39 is 10.0 Å². The lowest BCUT2D eigenvalue weighted by Gasteiger charge is -2.31. The molecule has 0 aromatic carbocycles. The molecular weight excluding hydrogens is 384 g/mol. The number of sulfonamides is 1. The van der Waals surface area contributed by atoms with Gasteiger partial charge in [-0.15, -0.1) is 0 Å². The van der Waals surface area contributed by atoms with E-state index in [0.29, 0.717) is 45.0 Å². The zero-order valence-electron chi connectivity index (χ0n) is 14.6. The van der Waals surface area contributed by atoms with Gasteiger partial charge in [0.15, 0.2) is 5.69 Å². The quantitative estimate of drug-likeness (QED) is 0.737. The molecule has 0 bridgehead atoms. The van der Waals surface area contributed by atoms with Gasteiger partial charge in [0.25, 0.3) is 5.91 Å². The smallest absolute Gasteiger partial charge is 0.273 e. The molecule has 1 amide bonds. The number of piperidine rings is 1. The van der Waals surface area contributed by atoms with Crippen LogP contribution in [-0.4, -0.2) is 73.6 Å². The number of carbonyl (C=O) groups excluding carboxylic acids is 1. The molecule has 1 aromatic heterocycles. The second kappa shape index (κ2) is 8.12. The molecule has 11 heteroatoms. The van der Waals surface area contributed by atoms with Crippen molar-refractivity contribution in [3.63, 3.8) is 0 Å². The van der Waals surface area contributed by atoms with E-state index in [1.54, 1.807) is 4.68 Å². The highest BCUT2D eigenvalue weighted by Crippen LogP contribution is 2.31. The van der Waals surface area contributed by atoms with E-state index in [4.69, 9.17) is 21.1 Å². The van der Waals surface area contributed by atoms with Crippen LogP contribution in [0.3, 0.4) is 0 Å². The van der Waals surface area contributed by atoms with E-state index in [0.717, 1.165) is 6.42 Å². The van der Waals surface area contributed by atoms with Crippen LogP contribution in [0, 0.1) is 0 Å². The summed E-state index contributed by atoms with van der Waals surface area (Å²) in [6.07, 6.45) is 1.90. The summed E-state index contributed by atoms with van der Waals surface area (Å²) in [5, 5.41) is 7.35. The topological polar surface area (TPSA) is 103 Å². The van der Waals surface area contributed by atoms with E-state index in [-0.39, 0.29) is 35.0 Å². The Kier molecular flexibility index (Phi) is 6.06. The number of nitrogens with zero attached hydrogens (tertiary/aromatic N) is 3. The van der Waals surface area contributed by atoms with E-state index >= 15 is 0 Å². The van der Waals surface area contributed by atoms with Gasteiger partial charge >= 0.3 is 0 Å². The van der Waals surface area contributed by atoms with Crippen molar-refractivity contribution in [1.82, 2.24) is 19.4 Å². The summed E-state index contributed by atoms with van der Waals surface area (Å²) < 4.78 is 37.7. The predicted molar refractivity (Wildman–Crippen MR) is 95.1 cm³/mol. The number of fused-ring (bicyclic) bond motifs is 1. The highest BCUT2D eigenvalue weighted by atomic mass is 35.5. The molecule has 1 aromatic rings. The predicted octanol–water partition coefficient (Wildman–Crippen LogP) is 0.489. The molecule has 0 aliphatic carbocycles. The zero-order valence-corrected chi connectivity index (χ0v) is 16.2. The van der Waals surface area contributed by atoms with Gasteiger partial charge in [-0.3, -0.25) is 4.79 Å². The van der Waals surface area contributed by atoms with Crippen molar-refractivity contribution in [3.05, 3.63) is 10.7 Å². The molecule has 1 fully saturated rings. The Labute approximate surface area is 157 Å². The van der Waals surface area contributed by atoms with Crippen LogP contribution in [0.25, 0.3) is 0 Å². The molecule has 3 heterocycles. The standard InChI is InChI=1S/C15H23ClN4O5S/c1-24-9-10-26(22,23)19-6-3-11(4-7-19)17-14(21)13-12(16)15-20(18-13)5-2-8-25-15/h11H,2-10H2,1H3,(H,17,21). The maximum absolute atomic E-state index is 12.5. The fourth-order valence-corrected chi connectivity index (χ4v) is 4.77. The second-order valence-corrected chi connectivity index (χ2v) is 8.81. The maximum atomic E-state index is 12.5. The van der Waals surface area contributed by atoms with Crippen molar-refractivity contribution in [3.8, 4) is 5.88 Å². The van der Waals surface area contributed by atoms with Crippen molar-refractivity contribution in [2.45, 2.75) is 31.8 Å². The van der Waals surface area contributed by atoms with Gasteiger partial charge in [0.1, 0.15) is 5.02 Å². The average molecular weight is 407 g/mol. The number of aromatic nitrogens is 2. The first kappa shape index (κ1) is 19.4. The average Bonchev–Trinajstić information content (AvgIpc) is 2.98. The van der Waals surface area contributed by atoms with Gasteiger partial charge in [-0.1, -0.05) is 11.6 Å². The van der Waals surface area contributed by atoms with Crippen LogP contribution in [0.1, 0.15) is 29.8 Å². The largest absolute Gasteiger partial charge is 0.477 e. The Bertz CT molecular complexity index is 758. The Morgan fingerprint density at radius 2 is 2.12 bits per heavy atom. The monoisotopic (exact) mass is 406 g/mol. The van der Waals surface area contributed by atoms with Crippen LogP contribution in [0.5, 0.6) is 5.88 Å². The number of hydrogen-bond donors (Lipinski definition) is 1. The fraction of sp³-hybridized carbons (Fsp3) is 0.733. The Balaban J connectivity index is 1.56. The number of hydrogen-bond acceptors (Lipinski definition) is 6. The first-order valence-electron chi connectivity index (χ1n) is 8.59. The lowest BCUT2D eigenvalue weighted by molar-refractivity contribution is 0.0918. The molecule has 0 radical (unpaired) electrons. The lowest BCUT2D eigenvalue weighted by Crippen LogP contribution is -2.47. The van der Waals surface area contributed by atoms with Gasteiger partial charge in [0, 0.05) is 39.2 Å². The van der Waals surface area contributed by atoms with Crippen molar-refractivity contribution in [2.75, 3.05) is 39.2 Å². The molecule has 146 valence electrons. The third-order valence-electron chi connectivity index (χ3n) is 4.55. The van der Waals surface area contributed by atoms with E-state index in [1.807, 2.05) is 0 Å². The number of nitrogens with one attached hydrogen (secondary N) is 1. The molecule has 0 spiro atoms. The highest BCUT2D eigenvalue weighted by molar-refractivity contribution is 7.89. The summed E-state index contributed by atoms with van der Waals surface area (Å²) in [7, 11) is -1.84. The summed E-state index contributed by atoms with van der Waals surface area (Å²) in [6, 6.07) is -0.118. The molecule has 9 nitrogen and oxygen atoms in total. The minimum absolute atomic E-state index is 0.0314. The summed E-state index contributed by atoms with van der Waals surface area (Å²) in [5.41, 5.74) is 0.152. The molecule has 2 aliphatic rings. The third kappa shape index (κ3) is 4.13. The van der Waals surface area contributed by atoms with Gasteiger partial charge in [0.2, 0.25) is 15.9 Å². The van der Waals surface area contributed by atoms with Crippen molar-refractivity contribution < 1.29 is 22.7 Å². The maximum Gasteiger partial charge on any atom is 0.273 e. The minimum Gasteiger partial charge on any atom is -0.477 e. The summed E-state index contributed by atoms with van der Waals surface area (Å²) in [6.45, 7) is 2.13.